The van der Waals surface area contributed by atoms with Crippen LogP contribution in [0.25, 0.3) is 0 Å². The zero-order valence-corrected chi connectivity index (χ0v) is 14.5. The van der Waals surface area contributed by atoms with Crippen LogP contribution in [0.2, 0.25) is 0 Å². The highest BCUT2D eigenvalue weighted by Gasteiger charge is 2.20. The SMILES string of the molecule is COc1ccc(OC)c(CC(=O)NCC(C)(C)CN(C)C)c1. The van der Waals surface area contributed by atoms with Gasteiger partial charge in [-0.3, -0.25) is 4.79 Å². The topological polar surface area (TPSA) is 50.8 Å². The van der Waals surface area contributed by atoms with Crippen LogP contribution in [0.15, 0.2) is 18.2 Å². The van der Waals surface area contributed by atoms with Gasteiger partial charge in [0.15, 0.2) is 0 Å². The van der Waals surface area contributed by atoms with Crippen molar-refractivity contribution in [2.75, 3.05) is 41.4 Å². The van der Waals surface area contributed by atoms with E-state index in [0.29, 0.717) is 12.3 Å². The smallest absolute Gasteiger partial charge is 0.224 e. The van der Waals surface area contributed by atoms with E-state index in [1.165, 1.54) is 0 Å². The van der Waals surface area contributed by atoms with Crippen LogP contribution < -0.4 is 14.8 Å². The first kappa shape index (κ1) is 18.3. The van der Waals surface area contributed by atoms with Crippen molar-refractivity contribution in [1.82, 2.24) is 10.2 Å². The van der Waals surface area contributed by atoms with Crippen LogP contribution >= 0.6 is 0 Å². The summed E-state index contributed by atoms with van der Waals surface area (Å²) in [4.78, 5) is 14.3. The summed E-state index contributed by atoms with van der Waals surface area (Å²) in [5.41, 5.74) is 0.849. The Morgan fingerprint density at radius 2 is 1.91 bits per heavy atom. The molecule has 0 aliphatic carbocycles. The van der Waals surface area contributed by atoms with Gasteiger partial charge in [-0.15, -0.1) is 0 Å². The average Bonchev–Trinajstić information content (AvgIpc) is 2.44. The van der Waals surface area contributed by atoms with Crippen molar-refractivity contribution >= 4 is 5.91 Å². The van der Waals surface area contributed by atoms with Crippen LogP contribution in [0, 0.1) is 5.41 Å². The van der Waals surface area contributed by atoms with E-state index in [9.17, 15) is 4.79 Å². The van der Waals surface area contributed by atoms with Crippen molar-refractivity contribution in [1.29, 1.82) is 0 Å². The quantitative estimate of drug-likeness (QED) is 0.797. The molecule has 0 fully saturated rings. The fourth-order valence-electron chi connectivity index (χ4n) is 2.51. The standard InChI is InChI=1S/C17H28N2O3/c1-17(2,12-19(3)4)11-18-16(20)10-13-9-14(21-5)7-8-15(13)22-6/h7-9H,10-12H2,1-6H3,(H,18,20). The van der Waals surface area contributed by atoms with Crippen LogP contribution in [0.4, 0.5) is 0 Å². The van der Waals surface area contributed by atoms with Gasteiger partial charge in [0.2, 0.25) is 5.91 Å². The van der Waals surface area contributed by atoms with E-state index < -0.39 is 0 Å². The number of carbonyl (C=O) groups is 1. The average molecular weight is 308 g/mol. The molecular weight excluding hydrogens is 280 g/mol. The number of hydrogen-bond donors (Lipinski definition) is 1. The van der Waals surface area contributed by atoms with Gasteiger partial charge in [0.05, 0.1) is 20.6 Å². The Labute approximate surface area is 133 Å². The minimum atomic E-state index is -0.0154. The monoisotopic (exact) mass is 308 g/mol. The lowest BCUT2D eigenvalue weighted by molar-refractivity contribution is -0.120. The maximum absolute atomic E-state index is 12.2. The third-order valence-electron chi connectivity index (χ3n) is 3.35. The number of methoxy groups -OCH3 is 2. The van der Waals surface area contributed by atoms with Gasteiger partial charge in [0, 0.05) is 18.7 Å². The summed E-state index contributed by atoms with van der Waals surface area (Å²) in [5.74, 6) is 1.40. The number of benzene rings is 1. The summed E-state index contributed by atoms with van der Waals surface area (Å²) >= 11 is 0. The molecule has 22 heavy (non-hydrogen) atoms. The second kappa shape index (κ2) is 8.03. The van der Waals surface area contributed by atoms with Gasteiger partial charge in [-0.05, 0) is 37.7 Å². The number of rotatable bonds is 8. The highest BCUT2D eigenvalue weighted by molar-refractivity contribution is 5.79. The fraction of sp³-hybridized carbons (Fsp3) is 0.588. The summed E-state index contributed by atoms with van der Waals surface area (Å²) < 4.78 is 10.5. The minimum Gasteiger partial charge on any atom is -0.497 e. The number of nitrogens with one attached hydrogen (secondary N) is 1. The molecule has 1 amide bonds. The Morgan fingerprint density at radius 3 is 2.45 bits per heavy atom. The number of nitrogens with zero attached hydrogens (tertiary/aromatic N) is 1. The zero-order valence-electron chi connectivity index (χ0n) is 14.5. The molecule has 0 radical (unpaired) electrons. The molecule has 0 bridgehead atoms. The molecule has 1 N–H and O–H groups in total. The van der Waals surface area contributed by atoms with Gasteiger partial charge in [0.25, 0.3) is 0 Å². The normalized spacial score (nSPS) is 11.4. The molecule has 1 aromatic rings. The predicted octanol–water partition coefficient (Wildman–Crippen LogP) is 1.95. The molecule has 0 aromatic heterocycles. The molecule has 0 aliphatic heterocycles. The van der Waals surface area contributed by atoms with E-state index in [-0.39, 0.29) is 17.7 Å². The van der Waals surface area contributed by atoms with Crippen molar-refractivity contribution in [3.8, 4) is 11.5 Å². The van der Waals surface area contributed by atoms with Crippen molar-refractivity contribution in [2.24, 2.45) is 5.41 Å². The Hall–Kier alpha value is -1.75. The van der Waals surface area contributed by atoms with Crippen molar-refractivity contribution < 1.29 is 14.3 Å². The lowest BCUT2D eigenvalue weighted by atomic mass is 9.93. The number of hydrogen-bond acceptors (Lipinski definition) is 4. The molecule has 1 aromatic carbocycles. The van der Waals surface area contributed by atoms with Crippen LogP contribution in [0.3, 0.4) is 0 Å². The first-order valence-corrected chi connectivity index (χ1v) is 7.40. The highest BCUT2D eigenvalue weighted by atomic mass is 16.5. The fourth-order valence-corrected chi connectivity index (χ4v) is 2.51. The van der Waals surface area contributed by atoms with Crippen molar-refractivity contribution in [3.63, 3.8) is 0 Å². The second-order valence-corrected chi connectivity index (χ2v) is 6.53. The Kier molecular flexibility index (Phi) is 6.68. The molecule has 0 heterocycles. The molecule has 0 spiro atoms. The Bertz CT molecular complexity index is 499. The van der Waals surface area contributed by atoms with Crippen LogP contribution in [-0.4, -0.2) is 52.2 Å². The van der Waals surface area contributed by atoms with Gasteiger partial charge in [0.1, 0.15) is 11.5 Å². The Morgan fingerprint density at radius 1 is 1.23 bits per heavy atom. The van der Waals surface area contributed by atoms with Gasteiger partial charge in [-0.1, -0.05) is 13.8 Å². The third kappa shape index (κ3) is 5.93. The molecule has 0 saturated carbocycles. The van der Waals surface area contributed by atoms with Gasteiger partial charge in [-0.2, -0.15) is 0 Å². The highest BCUT2D eigenvalue weighted by Crippen LogP contribution is 2.24. The van der Waals surface area contributed by atoms with Crippen molar-refractivity contribution in [3.05, 3.63) is 23.8 Å². The molecule has 5 nitrogen and oxygen atoms in total. The van der Waals surface area contributed by atoms with Gasteiger partial charge in [-0.25, -0.2) is 0 Å². The second-order valence-electron chi connectivity index (χ2n) is 6.53. The van der Waals surface area contributed by atoms with E-state index >= 15 is 0 Å². The lowest BCUT2D eigenvalue weighted by Gasteiger charge is -2.28. The van der Waals surface area contributed by atoms with Gasteiger partial charge < -0.3 is 19.7 Å². The molecule has 1 rings (SSSR count). The maximum atomic E-state index is 12.2. The van der Waals surface area contributed by atoms with Crippen LogP contribution in [-0.2, 0) is 11.2 Å². The summed E-state index contributed by atoms with van der Waals surface area (Å²) in [7, 11) is 7.27. The lowest BCUT2D eigenvalue weighted by Crippen LogP contribution is -2.40. The molecular formula is C17H28N2O3. The van der Waals surface area contributed by atoms with E-state index in [4.69, 9.17) is 9.47 Å². The minimum absolute atomic E-state index is 0.0154. The van der Waals surface area contributed by atoms with Crippen LogP contribution in [0.1, 0.15) is 19.4 Å². The molecule has 0 unspecified atom stereocenters. The molecule has 5 heteroatoms. The van der Waals surface area contributed by atoms with E-state index in [1.807, 2.05) is 32.3 Å². The Balaban J connectivity index is 2.65. The summed E-state index contributed by atoms with van der Waals surface area (Å²) in [6.07, 6.45) is 0.276. The number of carbonyl (C=O) groups excluding carboxylic acids is 1. The van der Waals surface area contributed by atoms with E-state index in [0.717, 1.165) is 17.9 Å². The summed E-state index contributed by atoms with van der Waals surface area (Å²) in [6, 6.07) is 5.47. The number of ether oxygens (including phenoxy) is 2. The first-order valence-electron chi connectivity index (χ1n) is 7.40. The maximum Gasteiger partial charge on any atom is 0.224 e. The summed E-state index contributed by atoms with van der Waals surface area (Å²) in [5, 5.41) is 3.00. The van der Waals surface area contributed by atoms with Crippen LogP contribution in [0.5, 0.6) is 11.5 Å². The largest absolute Gasteiger partial charge is 0.497 e. The molecule has 0 atom stereocenters. The molecule has 0 aliphatic rings. The van der Waals surface area contributed by atoms with E-state index in [2.05, 4.69) is 24.1 Å². The molecule has 0 saturated heterocycles. The van der Waals surface area contributed by atoms with Gasteiger partial charge >= 0.3 is 0 Å². The summed E-state index contributed by atoms with van der Waals surface area (Å²) in [6.45, 7) is 5.82. The first-order chi connectivity index (χ1) is 10.3. The predicted molar refractivity (Wildman–Crippen MR) is 88.6 cm³/mol. The third-order valence-corrected chi connectivity index (χ3v) is 3.35. The number of amides is 1. The zero-order chi connectivity index (χ0) is 16.8. The van der Waals surface area contributed by atoms with E-state index in [1.54, 1.807) is 14.2 Å². The van der Waals surface area contributed by atoms with Crippen molar-refractivity contribution in [2.45, 2.75) is 20.3 Å². The molecule has 124 valence electrons.